The van der Waals surface area contributed by atoms with Crippen molar-refractivity contribution in [3.63, 3.8) is 0 Å². The fourth-order valence-electron chi connectivity index (χ4n) is 0.509. The molecule has 0 unspecified atom stereocenters. The highest BCUT2D eigenvalue weighted by molar-refractivity contribution is 7.33. The maximum atomic E-state index is 10.9. The van der Waals surface area contributed by atoms with Gasteiger partial charge in [0.15, 0.2) is 0 Å². The molecule has 2 N–H and O–H groups in total. The van der Waals surface area contributed by atoms with E-state index in [1.165, 1.54) is 0 Å². The molecule has 0 aromatic heterocycles. The van der Waals surface area contributed by atoms with Crippen molar-refractivity contribution in [2.75, 3.05) is 13.2 Å². The van der Waals surface area contributed by atoms with E-state index in [9.17, 15) is 14.2 Å². The summed E-state index contributed by atoms with van der Waals surface area (Å²) in [5, 5.41) is 0. The van der Waals surface area contributed by atoms with Crippen LogP contribution in [0, 0.1) is 0 Å². The molecule has 0 aromatic rings. The molecule has 2 amide bonds. The van der Waals surface area contributed by atoms with Crippen LogP contribution < -0.4 is 11.0 Å². The fourth-order valence-corrected chi connectivity index (χ4v) is 0.884. The zero-order valence-corrected chi connectivity index (χ0v) is 9.77. The molecule has 0 rings (SSSR count). The average Bonchev–Trinajstić information content (AvgIpc) is 2.24. The second kappa shape index (κ2) is 8.96. The average molecular weight is 256 g/mol. The number of hydrogen-bond acceptors (Lipinski definition) is 7. The summed E-state index contributed by atoms with van der Waals surface area (Å²) < 4.78 is 28.1. The van der Waals surface area contributed by atoms with Gasteiger partial charge in [0.05, 0.1) is 13.2 Å². The molecule has 9 nitrogen and oxygen atoms in total. The summed E-state index contributed by atoms with van der Waals surface area (Å²) in [7, 11) is -3.09. The van der Waals surface area contributed by atoms with Crippen molar-refractivity contribution in [2.24, 2.45) is 0 Å². The van der Waals surface area contributed by atoms with Crippen LogP contribution in [0.5, 0.6) is 0 Å². The highest BCUT2D eigenvalue weighted by Crippen LogP contribution is 2.19. The van der Waals surface area contributed by atoms with E-state index < -0.39 is 20.4 Å². The normalized spacial score (nSPS) is 9.69. The molecule has 0 bridgehead atoms. The summed E-state index contributed by atoms with van der Waals surface area (Å²) in [6, 6.07) is 0. The third-order valence-corrected chi connectivity index (χ3v) is 1.52. The summed E-state index contributed by atoms with van der Waals surface area (Å²) >= 11 is 0. The third-order valence-electron chi connectivity index (χ3n) is 0.986. The van der Waals surface area contributed by atoms with Gasteiger partial charge in [0.1, 0.15) is 0 Å². The van der Waals surface area contributed by atoms with Crippen LogP contribution in [0.2, 0.25) is 0 Å². The van der Waals surface area contributed by atoms with E-state index in [0.29, 0.717) is 0 Å². The van der Waals surface area contributed by atoms with Gasteiger partial charge in [-0.2, -0.15) is 20.2 Å². The van der Waals surface area contributed by atoms with E-state index in [0.717, 1.165) is 0 Å². The lowest BCUT2D eigenvalue weighted by Gasteiger charge is -2.06. The van der Waals surface area contributed by atoms with E-state index in [-0.39, 0.29) is 13.2 Å². The van der Waals surface area contributed by atoms with Crippen molar-refractivity contribution in [3.05, 3.63) is 0 Å². The Balaban J connectivity index is 3.59. The van der Waals surface area contributed by atoms with Crippen LogP contribution in [0.4, 0.5) is 9.59 Å². The van der Waals surface area contributed by atoms with E-state index in [2.05, 4.69) is 18.7 Å². The quantitative estimate of drug-likeness (QED) is 0.532. The predicted molar refractivity (Wildman–Crippen MR) is 51.5 cm³/mol. The first kappa shape index (κ1) is 14.7. The summed E-state index contributed by atoms with van der Waals surface area (Å²) in [4.78, 5) is 21.3. The first-order chi connectivity index (χ1) is 7.60. The van der Waals surface area contributed by atoms with Crippen LogP contribution in [0.1, 0.15) is 13.8 Å². The van der Waals surface area contributed by atoms with Gasteiger partial charge in [-0.05, 0) is 13.8 Å². The number of carbonyl (C=O) groups excluding carboxylic acids is 2. The SMILES string of the molecule is CCOC(=O)NO[PH](=O)ONC(=O)OCC. The van der Waals surface area contributed by atoms with Gasteiger partial charge < -0.3 is 9.47 Å². The lowest BCUT2D eigenvalue weighted by molar-refractivity contribution is 0.0745. The summed E-state index contributed by atoms with van der Waals surface area (Å²) in [5.74, 6) is 0. The second-order valence-electron chi connectivity index (χ2n) is 2.10. The number of nitrogens with one attached hydrogen (secondary N) is 2. The molecule has 0 heterocycles. The Hall–Kier alpha value is -1.31. The van der Waals surface area contributed by atoms with Crippen LogP contribution in [-0.4, -0.2) is 25.4 Å². The van der Waals surface area contributed by atoms with Crippen molar-refractivity contribution in [1.82, 2.24) is 11.0 Å². The molecule has 0 radical (unpaired) electrons. The zero-order valence-electron chi connectivity index (χ0n) is 8.77. The standard InChI is InChI=1S/C6H13N2O7P/c1-3-12-5(9)7-14-16(11)15-8-6(10)13-4-2/h16H,3-4H2,1-2H3,(H,7,9)(H,8,10). The third kappa shape index (κ3) is 8.04. The summed E-state index contributed by atoms with van der Waals surface area (Å²) in [5.41, 5.74) is 3.39. The van der Waals surface area contributed by atoms with Crippen molar-refractivity contribution < 1.29 is 32.9 Å². The molecule has 0 aliphatic carbocycles. The zero-order chi connectivity index (χ0) is 12.4. The minimum Gasteiger partial charge on any atom is -0.448 e. The second-order valence-corrected chi connectivity index (χ2v) is 3.01. The van der Waals surface area contributed by atoms with E-state index in [1.54, 1.807) is 24.8 Å². The van der Waals surface area contributed by atoms with Crippen LogP contribution in [0.3, 0.4) is 0 Å². The van der Waals surface area contributed by atoms with Crippen molar-refractivity contribution in [1.29, 1.82) is 0 Å². The summed E-state index contributed by atoms with van der Waals surface area (Å²) in [6.07, 6.45) is -1.83. The van der Waals surface area contributed by atoms with Gasteiger partial charge in [-0.15, -0.1) is 0 Å². The Morgan fingerprint density at radius 3 is 1.69 bits per heavy atom. The largest absolute Gasteiger partial charge is 0.448 e. The number of amides is 2. The molecule has 0 saturated heterocycles. The van der Waals surface area contributed by atoms with Crippen molar-refractivity contribution in [2.45, 2.75) is 13.8 Å². The molecule has 0 spiro atoms. The Labute approximate surface area is 92.2 Å². The minimum atomic E-state index is -3.09. The molecule has 0 aromatic carbocycles. The minimum absolute atomic E-state index is 0.137. The summed E-state index contributed by atoms with van der Waals surface area (Å²) in [6.45, 7) is 3.44. The Kier molecular flexibility index (Phi) is 8.22. The molecule has 0 aliphatic heterocycles. The van der Waals surface area contributed by atoms with Crippen LogP contribution >= 0.6 is 8.25 Å². The van der Waals surface area contributed by atoms with Gasteiger partial charge in [0.2, 0.25) is 0 Å². The van der Waals surface area contributed by atoms with Crippen molar-refractivity contribution in [3.8, 4) is 0 Å². The lowest BCUT2D eigenvalue weighted by atomic mass is 10.9. The van der Waals surface area contributed by atoms with Gasteiger partial charge >= 0.3 is 20.4 Å². The molecule has 0 fully saturated rings. The lowest BCUT2D eigenvalue weighted by Crippen LogP contribution is -2.25. The van der Waals surface area contributed by atoms with Gasteiger partial charge in [0, 0.05) is 0 Å². The van der Waals surface area contributed by atoms with E-state index in [1.807, 2.05) is 0 Å². The predicted octanol–water partition coefficient (Wildman–Crippen LogP) is 0.732. The molecule has 94 valence electrons. The molecule has 10 heteroatoms. The smallest absolute Gasteiger partial charge is 0.431 e. The van der Waals surface area contributed by atoms with Gasteiger partial charge in [-0.3, -0.25) is 4.57 Å². The van der Waals surface area contributed by atoms with Crippen LogP contribution in [-0.2, 0) is 23.3 Å². The molecule has 16 heavy (non-hydrogen) atoms. The highest BCUT2D eigenvalue weighted by atomic mass is 31.1. The number of hydrogen-bond donors (Lipinski definition) is 2. The Bertz CT molecular complexity index is 235. The monoisotopic (exact) mass is 256 g/mol. The number of ether oxygens (including phenoxy) is 2. The van der Waals surface area contributed by atoms with E-state index in [4.69, 9.17) is 0 Å². The number of rotatable bonds is 6. The molecule has 0 saturated carbocycles. The maximum Gasteiger partial charge on any atom is 0.431 e. The van der Waals surface area contributed by atoms with Gasteiger partial charge in [-0.1, -0.05) is 0 Å². The maximum absolute atomic E-state index is 10.9. The highest BCUT2D eigenvalue weighted by Gasteiger charge is 2.07. The first-order valence-electron chi connectivity index (χ1n) is 4.33. The molecule has 0 aliphatic rings. The first-order valence-corrected chi connectivity index (χ1v) is 5.55. The molecule has 0 atom stereocenters. The van der Waals surface area contributed by atoms with Gasteiger partial charge in [-0.25, -0.2) is 9.59 Å². The van der Waals surface area contributed by atoms with Gasteiger partial charge in [0.25, 0.3) is 0 Å². The fraction of sp³-hybridized carbons (Fsp3) is 0.667. The van der Waals surface area contributed by atoms with E-state index >= 15 is 0 Å². The van der Waals surface area contributed by atoms with Crippen molar-refractivity contribution >= 4 is 20.4 Å². The number of hydroxylamine groups is 2. The topological polar surface area (TPSA) is 112 Å². The Morgan fingerprint density at radius 1 is 1.00 bits per heavy atom. The molecular weight excluding hydrogens is 243 g/mol. The van der Waals surface area contributed by atoms with Crippen LogP contribution in [0.15, 0.2) is 0 Å². The Morgan fingerprint density at radius 2 is 1.38 bits per heavy atom. The number of carbonyl (C=O) groups is 2. The molecular formula is C6H13N2O7P. The van der Waals surface area contributed by atoms with Crippen LogP contribution in [0.25, 0.3) is 0 Å².